The molecule has 0 aliphatic carbocycles. The van der Waals surface area contributed by atoms with Gasteiger partial charge in [0.15, 0.2) is 0 Å². The number of hydrogen-bond acceptors (Lipinski definition) is 15. The zero-order chi connectivity index (χ0) is 53.2. The summed E-state index contributed by atoms with van der Waals surface area (Å²) in [6.45, 7) is 4.72. The lowest BCUT2D eigenvalue weighted by molar-refractivity contribution is -0.141. The van der Waals surface area contributed by atoms with Crippen molar-refractivity contribution in [2.45, 2.75) is 146 Å². The van der Waals surface area contributed by atoms with E-state index in [0.717, 1.165) is 0 Å². The number of carboxylic acid groups (broad SMARTS) is 5. The number of hydrogen-bond donors (Lipinski definition) is 14. The van der Waals surface area contributed by atoms with Crippen LogP contribution < -0.4 is 43.0 Å². The van der Waals surface area contributed by atoms with E-state index in [0.29, 0.717) is 11.8 Å². The van der Waals surface area contributed by atoms with Crippen LogP contribution in [0.15, 0.2) is 24.3 Å². The summed E-state index contributed by atoms with van der Waals surface area (Å²) in [7, 11) is 0. The summed E-state index contributed by atoms with van der Waals surface area (Å²) in [4.78, 5) is 163. The summed E-state index contributed by atoms with van der Waals surface area (Å²) in [5, 5.41) is 72.1. The lowest BCUT2D eigenvalue weighted by atomic mass is 10.0. The molecule has 0 aromatic heterocycles. The topological polar surface area (TPSA) is 454 Å². The minimum Gasteiger partial charge on any atom is -0.508 e. The third-order valence-electron chi connectivity index (χ3n) is 10.1. The predicted octanol–water partition coefficient (Wildman–Crippen LogP) is -2.76. The Morgan fingerprint density at radius 1 is 0.471 bits per heavy atom. The van der Waals surface area contributed by atoms with Crippen molar-refractivity contribution in [2.24, 2.45) is 11.7 Å². The van der Waals surface area contributed by atoms with E-state index in [9.17, 15) is 93.0 Å². The number of aromatic hydroxyl groups is 1. The van der Waals surface area contributed by atoms with E-state index in [1.54, 1.807) is 13.8 Å². The van der Waals surface area contributed by atoms with Crippen LogP contribution in [0.1, 0.15) is 97.0 Å². The van der Waals surface area contributed by atoms with Gasteiger partial charge in [0, 0.05) is 32.1 Å². The van der Waals surface area contributed by atoms with Gasteiger partial charge in [-0.3, -0.25) is 57.5 Å². The first-order chi connectivity index (χ1) is 32.7. The fourth-order valence-corrected chi connectivity index (χ4v) is 6.37. The second-order valence-corrected chi connectivity index (χ2v) is 16.6. The summed E-state index contributed by atoms with van der Waals surface area (Å²) < 4.78 is 0. The Kier molecular flexibility index (Phi) is 26.4. The van der Waals surface area contributed by atoms with Crippen LogP contribution in [0.25, 0.3) is 0 Å². The van der Waals surface area contributed by atoms with E-state index in [4.69, 9.17) is 5.73 Å². The minimum absolute atomic E-state index is 0.00808. The number of phenolic OH excluding ortho intramolecular Hbond substituents is 1. The molecular formula is C43H62N8O19. The number of amides is 7. The number of rotatable bonds is 34. The first-order valence-corrected chi connectivity index (χ1v) is 21.9. The highest BCUT2D eigenvalue weighted by Crippen LogP contribution is 2.12. The molecule has 0 saturated carbocycles. The van der Waals surface area contributed by atoms with Crippen molar-refractivity contribution in [3.8, 4) is 5.75 Å². The summed E-state index contributed by atoms with van der Waals surface area (Å²) in [6.07, 6.45) is -6.51. The molecule has 0 aliphatic heterocycles. The molecule has 1 aromatic rings. The van der Waals surface area contributed by atoms with E-state index >= 15 is 0 Å². The zero-order valence-corrected chi connectivity index (χ0v) is 38.6. The van der Waals surface area contributed by atoms with Gasteiger partial charge in [-0.1, -0.05) is 26.0 Å². The molecule has 0 saturated heterocycles. The standard InChI is InChI=1S/C43H62N8O19/c1-21(2)18-26(44)38(65)47-28(9-14-33(56)57)40(67)49-30(11-16-35(60)61)42(69)51-31(12-17-36(62)63)43(70)50-29(10-15-34(58)59)41(68)48-27(8-13-32(54)55)39(66)45-22(3)37(64)46-24(20-52)19-23-4-6-25(53)7-5-23/h4-7,20-22,24,26-31,53H,8-19,44H2,1-3H3,(H,45,66)(H,46,64)(H,47,65)(H,48,68)(H,49,67)(H,50,70)(H,51,69)(H,54,55)(H,56,57)(H,58,59)(H,60,61)(H,62,63)/t22-,24-,26-,27-,28-,29-,30-,31-/m0/s1. The molecule has 7 amide bonds. The quantitative estimate of drug-likeness (QED) is 0.0311. The summed E-state index contributed by atoms with van der Waals surface area (Å²) in [6, 6.07) is -6.98. The molecule has 15 N–H and O–H groups in total. The molecule has 27 nitrogen and oxygen atoms in total. The molecular weight excluding hydrogens is 933 g/mol. The van der Waals surface area contributed by atoms with Crippen LogP contribution in [0.5, 0.6) is 5.75 Å². The molecule has 8 atom stereocenters. The number of phenols is 1. The smallest absolute Gasteiger partial charge is 0.303 e. The molecule has 0 heterocycles. The third-order valence-corrected chi connectivity index (χ3v) is 10.1. The van der Waals surface area contributed by atoms with Crippen molar-refractivity contribution < 1.29 is 93.0 Å². The first kappa shape index (κ1) is 60.3. The maximum absolute atomic E-state index is 13.8. The average Bonchev–Trinajstić information content (AvgIpc) is 3.27. The normalized spacial score (nSPS) is 14.3. The van der Waals surface area contributed by atoms with Gasteiger partial charge in [-0.25, -0.2) is 0 Å². The van der Waals surface area contributed by atoms with E-state index in [2.05, 4.69) is 37.2 Å². The van der Waals surface area contributed by atoms with Crippen LogP contribution >= 0.6 is 0 Å². The van der Waals surface area contributed by atoms with Crippen LogP contribution in [0.3, 0.4) is 0 Å². The number of carboxylic acids is 5. The van der Waals surface area contributed by atoms with Gasteiger partial charge in [-0.05, 0) is 75.5 Å². The number of nitrogens with one attached hydrogen (secondary N) is 7. The number of carbonyl (C=O) groups is 13. The summed E-state index contributed by atoms with van der Waals surface area (Å²) >= 11 is 0. The van der Waals surface area contributed by atoms with Crippen molar-refractivity contribution in [2.75, 3.05) is 0 Å². The maximum atomic E-state index is 13.8. The molecule has 0 fully saturated rings. The van der Waals surface area contributed by atoms with Gasteiger partial charge >= 0.3 is 29.8 Å². The fraction of sp³-hybridized carbons (Fsp3) is 0.558. The van der Waals surface area contributed by atoms with Gasteiger partial charge in [0.1, 0.15) is 48.3 Å². The Hall–Kier alpha value is -7.71. The van der Waals surface area contributed by atoms with Crippen molar-refractivity contribution in [3.05, 3.63) is 29.8 Å². The molecule has 0 bridgehead atoms. The molecule has 70 heavy (non-hydrogen) atoms. The van der Waals surface area contributed by atoms with Crippen molar-refractivity contribution >= 4 is 77.5 Å². The van der Waals surface area contributed by atoms with Crippen molar-refractivity contribution in [1.82, 2.24) is 37.2 Å². The monoisotopic (exact) mass is 994 g/mol. The maximum Gasteiger partial charge on any atom is 0.303 e. The second-order valence-electron chi connectivity index (χ2n) is 16.6. The highest BCUT2D eigenvalue weighted by Gasteiger charge is 2.34. The molecule has 27 heteroatoms. The van der Waals surface area contributed by atoms with Crippen LogP contribution in [-0.2, 0) is 68.7 Å². The lowest BCUT2D eigenvalue weighted by Crippen LogP contribution is -2.60. The first-order valence-electron chi connectivity index (χ1n) is 21.9. The highest BCUT2D eigenvalue weighted by molar-refractivity contribution is 5.98. The van der Waals surface area contributed by atoms with Crippen LogP contribution in [0.4, 0.5) is 0 Å². The lowest BCUT2D eigenvalue weighted by Gasteiger charge is -2.27. The molecule has 1 rings (SSSR count). The van der Waals surface area contributed by atoms with Gasteiger partial charge in [-0.2, -0.15) is 0 Å². The number of aliphatic carboxylic acids is 5. The molecule has 1 aromatic carbocycles. The molecule has 0 radical (unpaired) electrons. The minimum atomic E-state index is -1.92. The zero-order valence-electron chi connectivity index (χ0n) is 38.6. The molecule has 0 spiro atoms. The van der Waals surface area contributed by atoms with E-state index in [1.165, 1.54) is 31.2 Å². The second kappa shape index (κ2) is 30.6. The SMILES string of the molecule is CC(C)C[C@H](N)C(=O)N[C@@H](CCC(=O)O)C(=O)N[C@@H](CCC(=O)O)C(=O)N[C@@H](CCC(=O)O)C(=O)N[C@@H](CCC(=O)O)C(=O)N[C@@H](CCC(=O)O)C(=O)N[C@@H](C)C(=O)N[C@H](C=O)Cc1ccc(O)cc1. The molecule has 0 aliphatic rings. The molecule has 388 valence electrons. The van der Waals surface area contributed by atoms with Gasteiger partial charge in [0.05, 0.1) is 12.1 Å². The Morgan fingerprint density at radius 3 is 1.06 bits per heavy atom. The van der Waals surface area contributed by atoms with E-state index in [-0.39, 0.29) is 24.5 Å². The Bertz CT molecular complexity index is 2050. The third kappa shape index (κ3) is 24.4. The number of nitrogens with two attached hydrogens (primary N) is 1. The van der Waals surface area contributed by atoms with E-state index < -0.39 is 184 Å². The Morgan fingerprint density at radius 2 is 0.771 bits per heavy atom. The van der Waals surface area contributed by atoms with Crippen molar-refractivity contribution in [1.29, 1.82) is 0 Å². The number of benzene rings is 1. The summed E-state index contributed by atoms with van der Waals surface area (Å²) in [5.74, 6) is -15.3. The predicted molar refractivity (Wildman–Crippen MR) is 239 cm³/mol. The number of aldehydes is 1. The number of carbonyl (C=O) groups excluding carboxylic acids is 8. The van der Waals surface area contributed by atoms with Crippen LogP contribution in [0.2, 0.25) is 0 Å². The van der Waals surface area contributed by atoms with Crippen molar-refractivity contribution in [3.63, 3.8) is 0 Å². The van der Waals surface area contributed by atoms with Crippen LogP contribution in [0, 0.1) is 5.92 Å². The van der Waals surface area contributed by atoms with Gasteiger partial charge in [-0.15, -0.1) is 0 Å². The van der Waals surface area contributed by atoms with Gasteiger partial charge in [0.2, 0.25) is 41.4 Å². The Labute approximate surface area is 400 Å². The van der Waals surface area contributed by atoms with Crippen LogP contribution in [-0.4, -0.2) is 156 Å². The van der Waals surface area contributed by atoms with Gasteiger partial charge < -0.3 is 78.4 Å². The van der Waals surface area contributed by atoms with E-state index in [1.807, 2.05) is 0 Å². The average molecular weight is 995 g/mol. The Balaban J connectivity index is 3.43. The molecule has 0 unspecified atom stereocenters. The largest absolute Gasteiger partial charge is 0.508 e. The van der Waals surface area contributed by atoms with Gasteiger partial charge in [0.25, 0.3) is 0 Å². The fourth-order valence-electron chi connectivity index (χ4n) is 6.37. The highest BCUT2D eigenvalue weighted by atomic mass is 16.4. The summed E-state index contributed by atoms with van der Waals surface area (Å²) in [5.41, 5.74) is 6.46.